The van der Waals surface area contributed by atoms with Gasteiger partial charge in [-0.15, -0.1) is 0 Å². The van der Waals surface area contributed by atoms with Crippen molar-refractivity contribution in [2.24, 2.45) is 0 Å². The Labute approximate surface area is 188 Å². The number of nitrogens with zero attached hydrogens (tertiary/aromatic N) is 2. The molecule has 0 radical (unpaired) electrons. The van der Waals surface area contributed by atoms with Gasteiger partial charge in [-0.2, -0.15) is 0 Å². The van der Waals surface area contributed by atoms with Crippen LogP contribution in [0.5, 0.6) is 5.75 Å². The molecule has 1 heterocycles. The highest BCUT2D eigenvalue weighted by atomic mass is 35.5. The normalized spacial score (nSPS) is 10.7. The van der Waals surface area contributed by atoms with Crippen molar-refractivity contribution >= 4 is 29.0 Å². The number of nitrogens with one attached hydrogen (secondary N) is 1. The number of rotatable bonds is 8. The number of hydrogen-bond donors (Lipinski definition) is 2. The van der Waals surface area contributed by atoms with Gasteiger partial charge in [0.1, 0.15) is 11.6 Å². The number of H-pyrrole nitrogens is 1. The van der Waals surface area contributed by atoms with E-state index < -0.39 is 17.2 Å². The Hall–Kier alpha value is -3.56. The Bertz CT molecular complexity index is 1220. The van der Waals surface area contributed by atoms with Gasteiger partial charge in [-0.1, -0.05) is 41.9 Å². The lowest BCUT2D eigenvalue weighted by Crippen LogP contribution is -2.42. The van der Waals surface area contributed by atoms with Crippen molar-refractivity contribution < 1.29 is 14.3 Å². The lowest BCUT2D eigenvalue weighted by molar-refractivity contribution is 0.0972. The van der Waals surface area contributed by atoms with E-state index in [4.69, 9.17) is 26.8 Å². The van der Waals surface area contributed by atoms with Gasteiger partial charge in [0.25, 0.3) is 11.5 Å². The average molecular weight is 459 g/mol. The fourth-order valence-electron chi connectivity index (χ4n) is 3.25. The summed E-state index contributed by atoms with van der Waals surface area (Å²) in [5.74, 6) is -0.453. The van der Waals surface area contributed by atoms with Crippen molar-refractivity contribution in [1.29, 1.82) is 0 Å². The van der Waals surface area contributed by atoms with Crippen molar-refractivity contribution in [2.75, 3.05) is 38.0 Å². The second kappa shape index (κ2) is 10.2. The topological polar surface area (TPSA) is 120 Å². The van der Waals surface area contributed by atoms with Crippen LogP contribution in [-0.2, 0) is 11.3 Å². The Morgan fingerprint density at radius 3 is 2.53 bits per heavy atom. The van der Waals surface area contributed by atoms with E-state index >= 15 is 0 Å². The molecular formula is C22H23ClN4O5. The van der Waals surface area contributed by atoms with Crippen molar-refractivity contribution in [1.82, 2.24) is 9.55 Å². The van der Waals surface area contributed by atoms with E-state index in [1.54, 1.807) is 12.1 Å². The highest BCUT2D eigenvalue weighted by Gasteiger charge is 2.27. The zero-order valence-electron chi connectivity index (χ0n) is 17.6. The van der Waals surface area contributed by atoms with E-state index in [2.05, 4.69) is 4.98 Å². The summed E-state index contributed by atoms with van der Waals surface area (Å²) in [6.45, 7) is 0.231. The first kappa shape index (κ1) is 23.1. The van der Waals surface area contributed by atoms with Crippen molar-refractivity contribution in [3.63, 3.8) is 0 Å². The molecule has 3 rings (SSSR count). The zero-order valence-corrected chi connectivity index (χ0v) is 18.4. The molecule has 0 bridgehead atoms. The van der Waals surface area contributed by atoms with Crippen LogP contribution in [0.1, 0.15) is 15.9 Å². The molecule has 3 N–H and O–H groups in total. The summed E-state index contributed by atoms with van der Waals surface area (Å²) < 4.78 is 11.6. The predicted octanol–water partition coefficient (Wildman–Crippen LogP) is 2.12. The standard InChI is InChI=1S/C22H23ClN4O5/c1-31-11-10-26(21(29)16-12-15(23)8-9-17(16)32-2)18-19(24)27(22(30)25-20(18)28)13-14-6-4-3-5-7-14/h3-9,12H,10-11,13,24H2,1-2H3,(H,25,28,30). The first-order chi connectivity index (χ1) is 15.4. The van der Waals surface area contributed by atoms with Gasteiger partial charge < -0.3 is 15.2 Å². The number of methoxy groups -OCH3 is 2. The largest absolute Gasteiger partial charge is 0.496 e. The van der Waals surface area contributed by atoms with Gasteiger partial charge in [0.05, 0.1) is 25.8 Å². The number of nitrogens with two attached hydrogens (primary N) is 1. The van der Waals surface area contributed by atoms with Gasteiger partial charge in [0, 0.05) is 18.7 Å². The maximum absolute atomic E-state index is 13.5. The third kappa shape index (κ3) is 4.84. The van der Waals surface area contributed by atoms with Crippen LogP contribution >= 0.6 is 11.6 Å². The number of ether oxygens (including phenoxy) is 2. The third-order valence-electron chi connectivity index (χ3n) is 4.82. The maximum atomic E-state index is 13.5. The number of amides is 1. The number of nitrogen functional groups attached to an aromatic ring is 1. The number of aromatic nitrogens is 2. The van der Waals surface area contributed by atoms with Crippen LogP contribution in [0, 0.1) is 0 Å². The van der Waals surface area contributed by atoms with E-state index in [-0.39, 0.29) is 42.5 Å². The third-order valence-corrected chi connectivity index (χ3v) is 5.06. The zero-order chi connectivity index (χ0) is 23.3. The molecule has 0 atom stereocenters. The predicted molar refractivity (Wildman–Crippen MR) is 123 cm³/mol. The van der Waals surface area contributed by atoms with Crippen LogP contribution in [-0.4, -0.2) is 42.8 Å². The molecule has 9 nitrogen and oxygen atoms in total. The number of benzene rings is 2. The molecule has 1 aromatic heterocycles. The fourth-order valence-corrected chi connectivity index (χ4v) is 3.42. The summed E-state index contributed by atoms with van der Waals surface area (Å²) in [4.78, 5) is 42.2. The molecular weight excluding hydrogens is 436 g/mol. The van der Waals surface area contributed by atoms with Crippen molar-refractivity contribution in [2.45, 2.75) is 6.54 Å². The fraction of sp³-hybridized carbons (Fsp3) is 0.227. The van der Waals surface area contributed by atoms with E-state index in [1.165, 1.54) is 24.9 Å². The molecule has 1 amide bonds. The molecule has 0 spiro atoms. The summed E-state index contributed by atoms with van der Waals surface area (Å²) in [5.41, 5.74) is 5.57. The number of halogens is 1. The van der Waals surface area contributed by atoms with Crippen LogP contribution in [0.25, 0.3) is 0 Å². The van der Waals surface area contributed by atoms with Crippen molar-refractivity contribution in [3.05, 3.63) is 85.5 Å². The molecule has 0 aliphatic carbocycles. The van der Waals surface area contributed by atoms with Crippen molar-refractivity contribution in [3.8, 4) is 5.75 Å². The van der Waals surface area contributed by atoms with Gasteiger partial charge in [0.15, 0.2) is 5.69 Å². The lowest BCUT2D eigenvalue weighted by atomic mass is 10.1. The molecule has 2 aromatic carbocycles. The minimum Gasteiger partial charge on any atom is -0.496 e. The Morgan fingerprint density at radius 2 is 1.88 bits per heavy atom. The summed E-state index contributed by atoms with van der Waals surface area (Å²) in [6, 6.07) is 13.7. The lowest BCUT2D eigenvalue weighted by Gasteiger charge is -2.25. The minimum atomic E-state index is -0.790. The monoisotopic (exact) mass is 458 g/mol. The van der Waals surface area contributed by atoms with Crippen LogP contribution in [0.4, 0.5) is 11.5 Å². The SMILES string of the molecule is COCCN(C(=O)c1cc(Cl)ccc1OC)c1c(N)n(Cc2ccccc2)c(=O)[nH]c1=O. The highest BCUT2D eigenvalue weighted by Crippen LogP contribution is 2.27. The Morgan fingerprint density at radius 1 is 1.16 bits per heavy atom. The van der Waals surface area contributed by atoms with Gasteiger partial charge in [-0.3, -0.25) is 24.0 Å². The molecule has 0 aliphatic heterocycles. The number of aromatic amines is 1. The average Bonchev–Trinajstić information content (AvgIpc) is 2.79. The van der Waals surface area contributed by atoms with E-state index in [0.717, 1.165) is 10.5 Å². The van der Waals surface area contributed by atoms with Crippen LogP contribution in [0.3, 0.4) is 0 Å². The first-order valence-corrected chi connectivity index (χ1v) is 10.1. The van der Waals surface area contributed by atoms with Crippen LogP contribution < -0.4 is 26.6 Å². The number of carbonyl (C=O) groups excluding carboxylic acids is 1. The minimum absolute atomic E-state index is 0.00181. The van der Waals surface area contributed by atoms with Crippen LogP contribution in [0.2, 0.25) is 5.02 Å². The number of carbonyl (C=O) groups is 1. The molecule has 0 aliphatic rings. The summed E-state index contributed by atoms with van der Waals surface area (Å²) in [7, 11) is 2.88. The summed E-state index contributed by atoms with van der Waals surface area (Å²) >= 11 is 6.08. The van der Waals surface area contributed by atoms with Gasteiger partial charge in [-0.05, 0) is 23.8 Å². The molecule has 0 unspecified atom stereocenters. The molecule has 32 heavy (non-hydrogen) atoms. The molecule has 0 saturated carbocycles. The Balaban J connectivity index is 2.15. The van der Waals surface area contributed by atoms with E-state index in [1.807, 2.05) is 30.3 Å². The second-order valence-electron chi connectivity index (χ2n) is 6.86. The summed E-state index contributed by atoms with van der Waals surface area (Å²) in [6.07, 6.45) is 0. The van der Waals surface area contributed by atoms with Gasteiger partial charge in [-0.25, -0.2) is 4.79 Å². The smallest absolute Gasteiger partial charge is 0.330 e. The molecule has 3 aromatic rings. The maximum Gasteiger partial charge on any atom is 0.330 e. The van der Waals surface area contributed by atoms with Gasteiger partial charge in [0.2, 0.25) is 0 Å². The molecule has 0 fully saturated rings. The number of anilines is 2. The van der Waals surface area contributed by atoms with Gasteiger partial charge >= 0.3 is 5.69 Å². The van der Waals surface area contributed by atoms with Crippen LogP contribution in [0.15, 0.2) is 58.1 Å². The molecule has 10 heteroatoms. The quantitative estimate of drug-likeness (QED) is 0.533. The second-order valence-corrected chi connectivity index (χ2v) is 7.30. The Kier molecular flexibility index (Phi) is 7.34. The molecule has 0 saturated heterocycles. The summed E-state index contributed by atoms with van der Waals surface area (Å²) in [5, 5.41) is 0.316. The molecule has 168 valence electrons. The van der Waals surface area contributed by atoms with E-state index in [9.17, 15) is 14.4 Å². The number of hydrogen-bond acceptors (Lipinski definition) is 6. The highest BCUT2D eigenvalue weighted by molar-refractivity contribution is 6.31. The van der Waals surface area contributed by atoms with E-state index in [0.29, 0.717) is 5.02 Å². The first-order valence-electron chi connectivity index (χ1n) is 9.68.